The summed E-state index contributed by atoms with van der Waals surface area (Å²) in [4.78, 5) is 0. The molecular weight excluding hydrogens is 793 g/mol. The summed E-state index contributed by atoms with van der Waals surface area (Å²) in [5.74, 6) is 0.563. The van der Waals surface area contributed by atoms with Crippen LogP contribution in [0.5, 0.6) is 34.5 Å². The summed E-state index contributed by atoms with van der Waals surface area (Å²) < 4.78 is 0. The van der Waals surface area contributed by atoms with Crippen molar-refractivity contribution in [1.82, 2.24) is 0 Å². The van der Waals surface area contributed by atoms with Crippen LogP contribution in [0.2, 0.25) is 0 Å². The molecule has 4 aliphatic rings. The molecule has 0 saturated heterocycles. The van der Waals surface area contributed by atoms with Crippen molar-refractivity contribution in [1.29, 1.82) is 0 Å². The lowest BCUT2D eigenvalue weighted by Crippen LogP contribution is -2.56. The standard InChI is InChI=1S/C58H64O6/c1-29-11-33(5)49(45(59)15-29)53(50-34(6)12-30(2)16-46(50)60)43-22-41(19-37(9)55(43)63)57-24-39-21-40(25-57)27-58(26-39,28-57)42-20-38(10)56(64)44(23-42)54(51-35(7)13-31(3)17-47(51)61)52-36(8)14-32(4)18-48(52)62/h11-20,22-23,39-40,53-54,59-64H,21,24-28H2,1-10H3. The number of aromatic hydroxyl groups is 6. The summed E-state index contributed by atoms with van der Waals surface area (Å²) in [5.41, 5.74) is 14.8. The predicted molar refractivity (Wildman–Crippen MR) is 256 cm³/mol. The van der Waals surface area contributed by atoms with Gasteiger partial charge in [0, 0.05) is 45.2 Å². The average Bonchev–Trinajstić information content (AvgIpc) is 3.17. The van der Waals surface area contributed by atoms with Gasteiger partial charge in [0.25, 0.3) is 0 Å². The number of hydrogen-bond donors (Lipinski definition) is 6. The van der Waals surface area contributed by atoms with Gasteiger partial charge in [-0.05, 0) is 221 Å². The molecular formula is C58H64O6. The average molecular weight is 857 g/mol. The largest absolute Gasteiger partial charge is 0.508 e. The SMILES string of the molecule is Cc1cc(C)c(C(c2cc(C34CC5CC(C3)CC(c3cc(C)c(O)c(C(c6c(C)cc(C)cc6O)c6c(C)cc(C)cc6O)c3)(C5)C4)cc(C)c2O)c2c(C)cc(C)cc2O)c(O)c1. The lowest BCUT2D eigenvalue weighted by Gasteiger charge is -2.63. The van der Waals surface area contributed by atoms with Gasteiger partial charge in [0.2, 0.25) is 0 Å². The van der Waals surface area contributed by atoms with Gasteiger partial charge in [-0.25, -0.2) is 0 Å². The molecule has 6 heteroatoms. The van der Waals surface area contributed by atoms with E-state index >= 15 is 0 Å². The van der Waals surface area contributed by atoms with E-state index in [2.05, 4.69) is 48.5 Å². The van der Waals surface area contributed by atoms with Gasteiger partial charge in [0.05, 0.1) is 0 Å². The molecule has 0 radical (unpaired) electrons. The number of benzene rings is 6. The molecule has 0 unspecified atom stereocenters. The number of rotatable bonds is 8. The monoisotopic (exact) mass is 856 g/mol. The molecule has 6 N–H and O–H groups in total. The maximum absolute atomic E-state index is 12.2. The Balaban J connectivity index is 1.23. The second kappa shape index (κ2) is 15.4. The van der Waals surface area contributed by atoms with Crippen LogP contribution in [0.3, 0.4) is 0 Å². The van der Waals surface area contributed by atoms with Crippen molar-refractivity contribution in [3.8, 4) is 34.5 Å². The Bertz CT molecular complexity index is 2490. The van der Waals surface area contributed by atoms with Crippen LogP contribution in [0.15, 0.2) is 72.8 Å². The van der Waals surface area contributed by atoms with Crippen molar-refractivity contribution in [3.05, 3.63) is 173 Å². The molecule has 4 bridgehead atoms. The second-order valence-electron chi connectivity index (χ2n) is 20.9. The molecule has 4 aliphatic carbocycles. The van der Waals surface area contributed by atoms with Crippen molar-refractivity contribution in [3.63, 3.8) is 0 Å². The van der Waals surface area contributed by atoms with Crippen molar-refractivity contribution >= 4 is 0 Å². The molecule has 10 rings (SSSR count). The first-order valence-corrected chi connectivity index (χ1v) is 23.1. The van der Waals surface area contributed by atoms with Gasteiger partial charge in [-0.3, -0.25) is 0 Å². The Morgan fingerprint density at radius 3 is 0.922 bits per heavy atom. The van der Waals surface area contributed by atoms with Gasteiger partial charge < -0.3 is 30.6 Å². The molecule has 0 amide bonds. The summed E-state index contributed by atoms with van der Waals surface area (Å²) in [6, 6.07) is 24.1. The quantitative estimate of drug-likeness (QED) is 0.0848. The molecule has 6 aromatic rings. The summed E-state index contributed by atoms with van der Waals surface area (Å²) in [6.07, 6.45) is 6.18. The third-order valence-corrected chi connectivity index (χ3v) is 15.8. The highest BCUT2D eigenvalue weighted by Crippen LogP contribution is 2.67. The first-order chi connectivity index (χ1) is 30.2. The smallest absolute Gasteiger partial charge is 0.122 e. The fourth-order valence-corrected chi connectivity index (χ4v) is 13.8. The van der Waals surface area contributed by atoms with Gasteiger partial charge in [0.15, 0.2) is 0 Å². The summed E-state index contributed by atoms with van der Waals surface area (Å²) >= 11 is 0. The zero-order valence-electron chi connectivity index (χ0n) is 39.2. The van der Waals surface area contributed by atoms with Crippen LogP contribution in [0.25, 0.3) is 0 Å². The molecule has 0 aromatic heterocycles. The first-order valence-electron chi connectivity index (χ1n) is 23.1. The Morgan fingerprint density at radius 2 is 0.656 bits per heavy atom. The maximum atomic E-state index is 12.2. The molecule has 64 heavy (non-hydrogen) atoms. The summed E-state index contributed by atoms with van der Waals surface area (Å²) in [6.45, 7) is 19.8. The van der Waals surface area contributed by atoms with Crippen LogP contribution in [0, 0.1) is 81.1 Å². The van der Waals surface area contributed by atoms with Crippen LogP contribution in [0.1, 0.15) is 151 Å². The minimum atomic E-state index is -0.634. The van der Waals surface area contributed by atoms with Crippen molar-refractivity contribution in [2.45, 2.75) is 130 Å². The zero-order chi connectivity index (χ0) is 45.9. The molecule has 0 atom stereocenters. The van der Waals surface area contributed by atoms with E-state index in [1.807, 2.05) is 69.2 Å². The molecule has 4 saturated carbocycles. The third kappa shape index (κ3) is 7.00. The highest BCUT2D eigenvalue weighted by molar-refractivity contribution is 5.65. The summed E-state index contributed by atoms with van der Waals surface area (Å²) in [7, 11) is 0. The summed E-state index contributed by atoms with van der Waals surface area (Å²) in [5, 5.41) is 71.4. The Morgan fingerprint density at radius 1 is 0.375 bits per heavy atom. The lowest BCUT2D eigenvalue weighted by atomic mass is 9.41. The number of aryl methyl sites for hydroxylation is 10. The van der Waals surface area contributed by atoms with E-state index in [0.717, 1.165) is 87.7 Å². The van der Waals surface area contributed by atoms with E-state index < -0.39 is 11.8 Å². The van der Waals surface area contributed by atoms with Gasteiger partial charge in [-0.1, -0.05) is 48.5 Å². The van der Waals surface area contributed by atoms with Gasteiger partial charge >= 0.3 is 0 Å². The van der Waals surface area contributed by atoms with Crippen LogP contribution in [0.4, 0.5) is 0 Å². The van der Waals surface area contributed by atoms with Gasteiger partial charge in [-0.2, -0.15) is 0 Å². The highest BCUT2D eigenvalue weighted by atomic mass is 16.3. The molecule has 332 valence electrons. The minimum absolute atomic E-state index is 0.137. The molecule has 6 aromatic carbocycles. The lowest BCUT2D eigenvalue weighted by molar-refractivity contribution is -0.0282. The Hall–Kier alpha value is -5.88. The Kier molecular flexibility index (Phi) is 10.4. The first kappa shape index (κ1) is 43.4. The van der Waals surface area contributed by atoms with Crippen LogP contribution in [-0.2, 0) is 10.8 Å². The number of phenolic OH excluding ortho intramolecular Hbond substituents is 6. The minimum Gasteiger partial charge on any atom is -0.508 e. The second-order valence-corrected chi connectivity index (χ2v) is 20.9. The normalized spacial score (nSPS) is 21.4. The van der Waals surface area contributed by atoms with Gasteiger partial charge in [0.1, 0.15) is 34.5 Å². The van der Waals surface area contributed by atoms with E-state index in [4.69, 9.17) is 0 Å². The molecule has 6 nitrogen and oxygen atoms in total. The fourth-order valence-electron chi connectivity index (χ4n) is 13.8. The van der Waals surface area contributed by atoms with Crippen molar-refractivity contribution in [2.75, 3.05) is 0 Å². The third-order valence-electron chi connectivity index (χ3n) is 15.8. The van der Waals surface area contributed by atoms with Crippen LogP contribution in [-0.4, -0.2) is 30.6 Å². The Labute approximate surface area is 378 Å². The van der Waals surface area contributed by atoms with Crippen molar-refractivity contribution < 1.29 is 30.6 Å². The van der Waals surface area contributed by atoms with E-state index in [-0.39, 0.29) is 45.3 Å². The molecule has 0 aliphatic heterocycles. The molecule has 4 fully saturated rings. The molecule has 0 spiro atoms. The molecule has 0 heterocycles. The van der Waals surface area contributed by atoms with E-state index in [0.29, 0.717) is 45.2 Å². The van der Waals surface area contributed by atoms with Gasteiger partial charge in [-0.15, -0.1) is 0 Å². The number of hydrogen-bond acceptors (Lipinski definition) is 6. The van der Waals surface area contributed by atoms with E-state index in [1.54, 1.807) is 24.3 Å². The zero-order valence-corrected chi connectivity index (χ0v) is 39.2. The predicted octanol–water partition coefficient (Wildman–Crippen LogP) is 13.2. The topological polar surface area (TPSA) is 121 Å². The highest BCUT2D eigenvalue weighted by Gasteiger charge is 2.59. The van der Waals surface area contributed by atoms with Crippen LogP contribution < -0.4 is 0 Å². The van der Waals surface area contributed by atoms with E-state index in [1.165, 1.54) is 17.5 Å². The van der Waals surface area contributed by atoms with E-state index in [9.17, 15) is 30.6 Å². The van der Waals surface area contributed by atoms with Crippen molar-refractivity contribution in [2.24, 2.45) is 11.8 Å². The van der Waals surface area contributed by atoms with Crippen LogP contribution >= 0.6 is 0 Å². The fraction of sp³-hybridized carbons (Fsp3) is 0.379. The number of phenols is 6. The maximum Gasteiger partial charge on any atom is 0.122 e.